The Morgan fingerprint density at radius 3 is 2.64 bits per heavy atom. The molecule has 5 nitrogen and oxygen atoms in total. The minimum absolute atomic E-state index is 0.328. The molecule has 5 heteroatoms. The Hall–Kier alpha value is -2.30. The molecule has 0 aliphatic carbocycles. The van der Waals surface area contributed by atoms with Crippen molar-refractivity contribution in [2.24, 2.45) is 0 Å². The molecule has 0 N–H and O–H groups in total. The molecular weight excluding hydrogens is 280 g/mol. The lowest BCUT2D eigenvalue weighted by molar-refractivity contribution is 0.0231. The van der Waals surface area contributed by atoms with Gasteiger partial charge in [0.05, 0.1) is 13.1 Å². The zero-order valence-electron chi connectivity index (χ0n) is 13.1. The summed E-state index contributed by atoms with van der Waals surface area (Å²) in [6.45, 7) is 6.44. The number of hydrogen-bond acceptors (Lipinski definition) is 4. The summed E-state index contributed by atoms with van der Waals surface area (Å²) in [5, 5.41) is 0. The molecular formula is C17H20N2O3. The van der Waals surface area contributed by atoms with E-state index in [1.807, 2.05) is 51.1 Å². The number of carbonyl (C=O) groups excluding carboxylic acids is 1. The van der Waals surface area contributed by atoms with Gasteiger partial charge in [-0.05, 0) is 26.3 Å². The van der Waals surface area contributed by atoms with Crippen molar-refractivity contribution in [3.8, 4) is 0 Å². The Labute approximate surface area is 129 Å². The first-order chi connectivity index (χ1) is 10.4. The molecule has 0 atom stereocenters. The van der Waals surface area contributed by atoms with Crippen LogP contribution >= 0.6 is 0 Å². The van der Waals surface area contributed by atoms with E-state index in [9.17, 15) is 4.79 Å². The first-order valence-corrected chi connectivity index (χ1v) is 7.40. The fourth-order valence-electron chi connectivity index (χ4n) is 2.40. The zero-order valence-corrected chi connectivity index (χ0v) is 13.1. The normalized spacial score (nSPS) is 14.0. The second-order valence-electron chi connectivity index (χ2n) is 6.48. The lowest BCUT2D eigenvalue weighted by Gasteiger charge is -2.23. The Morgan fingerprint density at radius 2 is 2.00 bits per heavy atom. The maximum atomic E-state index is 12.0. The van der Waals surface area contributed by atoms with Crippen molar-refractivity contribution in [3.63, 3.8) is 0 Å². The van der Waals surface area contributed by atoms with Crippen LogP contribution in [-0.4, -0.2) is 21.6 Å². The molecule has 1 aromatic heterocycles. The number of oxazole rings is 1. The van der Waals surface area contributed by atoms with E-state index in [-0.39, 0.29) is 6.09 Å². The molecule has 1 aliphatic heterocycles. The summed E-state index contributed by atoms with van der Waals surface area (Å²) < 4.78 is 11.1. The minimum Gasteiger partial charge on any atom is -0.444 e. The van der Waals surface area contributed by atoms with E-state index in [2.05, 4.69) is 4.98 Å². The van der Waals surface area contributed by atoms with Crippen LogP contribution in [0, 0.1) is 0 Å². The van der Waals surface area contributed by atoms with E-state index in [1.165, 1.54) is 0 Å². The fraction of sp³-hybridized carbons (Fsp3) is 0.412. The monoisotopic (exact) mass is 300 g/mol. The Kier molecular flexibility index (Phi) is 3.64. The highest BCUT2D eigenvalue weighted by Gasteiger charge is 2.31. The van der Waals surface area contributed by atoms with Crippen LogP contribution in [0.2, 0.25) is 0 Å². The number of ether oxygens (including phenoxy) is 1. The van der Waals surface area contributed by atoms with Gasteiger partial charge in [-0.3, -0.25) is 4.90 Å². The number of amides is 1. The molecule has 0 radical (unpaired) electrons. The number of hydrogen-bond donors (Lipinski definition) is 0. The van der Waals surface area contributed by atoms with Crippen molar-refractivity contribution in [2.75, 3.05) is 0 Å². The molecule has 1 amide bonds. The molecule has 0 bridgehead atoms. The molecule has 0 saturated carbocycles. The highest BCUT2D eigenvalue weighted by Crippen LogP contribution is 2.26. The van der Waals surface area contributed by atoms with Crippen LogP contribution in [0.4, 0.5) is 4.79 Å². The summed E-state index contributed by atoms with van der Waals surface area (Å²) in [4.78, 5) is 18.1. The van der Waals surface area contributed by atoms with E-state index < -0.39 is 5.60 Å². The van der Waals surface area contributed by atoms with Gasteiger partial charge in [0.15, 0.2) is 5.89 Å². The molecule has 22 heavy (non-hydrogen) atoms. The third-order valence-electron chi connectivity index (χ3n) is 3.35. The fourth-order valence-corrected chi connectivity index (χ4v) is 2.40. The molecule has 116 valence electrons. The van der Waals surface area contributed by atoms with E-state index in [1.54, 1.807) is 4.90 Å². The van der Waals surface area contributed by atoms with Crippen LogP contribution in [0.25, 0.3) is 0 Å². The van der Waals surface area contributed by atoms with Crippen LogP contribution in [0.15, 0.2) is 34.7 Å². The van der Waals surface area contributed by atoms with Crippen molar-refractivity contribution in [1.82, 2.24) is 9.88 Å². The van der Waals surface area contributed by atoms with Crippen molar-refractivity contribution in [2.45, 2.75) is 45.9 Å². The van der Waals surface area contributed by atoms with Crippen LogP contribution in [-0.2, 0) is 24.2 Å². The molecule has 0 unspecified atom stereocenters. The van der Waals surface area contributed by atoms with Gasteiger partial charge in [0.2, 0.25) is 0 Å². The summed E-state index contributed by atoms with van der Waals surface area (Å²) in [5.41, 5.74) is 1.50. The van der Waals surface area contributed by atoms with Crippen LogP contribution in [0.5, 0.6) is 0 Å². The molecule has 0 fully saturated rings. The lowest BCUT2D eigenvalue weighted by atomic mass is 10.1. The highest BCUT2D eigenvalue weighted by atomic mass is 16.6. The van der Waals surface area contributed by atoms with E-state index >= 15 is 0 Å². The van der Waals surface area contributed by atoms with Crippen molar-refractivity contribution < 1.29 is 13.9 Å². The summed E-state index contributed by atoms with van der Waals surface area (Å²) in [6.07, 6.45) is 0.339. The number of aromatic nitrogens is 1. The Bertz CT molecular complexity index is 647. The van der Waals surface area contributed by atoms with E-state index in [4.69, 9.17) is 9.15 Å². The number of fused-ring (bicyclic) bond motifs is 1. The molecule has 1 aromatic carbocycles. The number of carbonyl (C=O) groups is 1. The second-order valence-corrected chi connectivity index (χ2v) is 6.48. The molecule has 2 aromatic rings. The Morgan fingerprint density at radius 1 is 1.27 bits per heavy atom. The van der Waals surface area contributed by atoms with Crippen LogP contribution in [0.1, 0.15) is 43.7 Å². The van der Waals surface area contributed by atoms with Gasteiger partial charge < -0.3 is 9.15 Å². The molecule has 1 aliphatic rings. The first kappa shape index (κ1) is 14.6. The number of benzene rings is 1. The SMILES string of the molecule is CC(C)(C)OC(=O)N1Cc2nc(Cc3ccccc3)oc2C1. The second kappa shape index (κ2) is 5.48. The predicted octanol–water partition coefficient (Wildman–Crippen LogP) is 3.52. The van der Waals surface area contributed by atoms with Gasteiger partial charge >= 0.3 is 6.09 Å². The maximum absolute atomic E-state index is 12.0. The molecule has 3 rings (SSSR count). The number of nitrogens with zero attached hydrogens (tertiary/aromatic N) is 2. The zero-order chi connectivity index (χ0) is 15.7. The van der Waals surface area contributed by atoms with Crippen molar-refractivity contribution >= 4 is 6.09 Å². The van der Waals surface area contributed by atoms with E-state index in [0.717, 1.165) is 17.0 Å². The third-order valence-corrected chi connectivity index (χ3v) is 3.35. The molecule has 0 saturated heterocycles. The average molecular weight is 300 g/mol. The molecule has 2 heterocycles. The van der Waals surface area contributed by atoms with Crippen LogP contribution in [0.3, 0.4) is 0 Å². The van der Waals surface area contributed by atoms with Gasteiger partial charge in [-0.15, -0.1) is 0 Å². The third kappa shape index (κ3) is 3.30. The summed E-state index contributed by atoms with van der Waals surface area (Å²) in [5.74, 6) is 1.46. The molecule has 0 spiro atoms. The largest absolute Gasteiger partial charge is 0.444 e. The highest BCUT2D eigenvalue weighted by molar-refractivity contribution is 5.68. The maximum Gasteiger partial charge on any atom is 0.411 e. The first-order valence-electron chi connectivity index (χ1n) is 7.40. The average Bonchev–Trinajstić information content (AvgIpc) is 2.96. The van der Waals surface area contributed by atoms with E-state index in [0.29, 0.717) is 25.4 Å². The van der Waals surface area contributed by atoms with Gasteiger partial charge in [0.25, 0.3) is 0 Å². The Balaban J connectivity index is 1.64. The van der Waals surface area contributed by atoms with Gasteiger partial charge in [-0.1, -0.05) is 30.3 Å². The van der Waals surface area contributed by atoms with Crippen molar-refractivity contribution in [1.29, 1.82) is 0 Å². The summed E-state index contributed by atoms with van der Waals surface area (Å²) in [7, 11) is 0. The minimum atomic E-state index is -0.493. The summed E-state index contributed by atoms with van der Waals surface area (Å²) in [6, 6.07) is 10.1. The van der Waals surface area contributed by atoms with Gasteiger partial charge in [-0.2, -0.15) is 0 Å². The van der Waals surface area contributed by atoms with Gasteiger partial charge in [0, 0.05) is 6.42 Å². The van der Waals surface area contributed by atoms with Gasteiger partial charge in [-0.25, -0.2) is 9.78 Å². The number of rotatable bonds is 2. The van der Waals surface area contributed by atoms with Crippen LogP contribution < -0.4 is 0 Å². The lowest BCUT2D eigenvalue weighted by Crippen LogP contribution is -2.33. The quantitative estimate of drug-likeness (QED) is 0.851. The topological polar surface area (TPSA) is 55.6 Å². The predicted molar refractivity (Wildman–Crippen MR) is 81.2 cm³/mol. The van der Waals surface area contributed by atoms with Gasteiger partial charge in [0.1, 0.15) is 17.1 Å². The smallest absolute Gasteiger partial charge is 0.411 e. The summed E-state index contributed by atoms with van der Waals surface area (Å²) >= 11 is 0. The standard InChI is InChI=1S/C17H20N2O3/c1-17(2,3)22-16(20)19-10-13-14(11-19)21-15(18-13)9-12-7-5-4-6-8-12/h4-8H,9-11H2,1-3H3. The van der Waals surface area contributed by atoms with Crippen molar-refractivity contribution in [3.05, 3.63) is 53.2 Å².